The highest BCUT2D eigenvalue weighted by molar-refractivity contribution is 9.10. The standard InChI is InChI=1S/C18H20BrNO/c1-3-17(20-15-5-6-16(19)12(2)10-15)13-4-7-18-14(11-13)8-9-21-18/h4-7,10-11,17,20H,3,8-9H2,1-2H3. The van der Waals surface area contributed by atoms with Crippen molar-refractivity contribution in [3.05, 3.63) is 57.6 Å². The van der Waals surface area contributed by atoms with Crippen molar-refractivity contribution in [2.24, 2.45) is 0 Å². The molecule has 0 fully saturated rings. The van der Waals surface area contributed by atoms with Crippen molar-refractivity contribution in [1.29, 1.82) is 0 Å². The van der Waals surface area contributed by atoms with Crippen LogP contribution >= 0.6 is 15.9 Å². The second-order valence-electron chi connectivity index (χ2n) is 5.53. The molecule has 0 bridgehead atoms. The quantitative estimate of drug-likeness (QED) is 0.816. The van der Waals surface area contributed by atoms with Crippen LogP contribution in [0.2, 0.25) is 0 Å². The normalized spacial score (nSPS) is 14.4. The topological polar surface area (TPSA) is 21.3 Å². The van der Waals surface area contributed by atoms with E-state index < -0.39 is 0 Å². The number of hydrogen-bond acceptors (Lipinski definition) is 2. The average molecular weight is 346 g/mol. The third kappa shape index (κ3) is 3.08. The number of rotatable bonds is 4. The predicted octanol–water partition coefficient (Wildman–Crippen LogP) is 5.26. The SMILES string of the molecule is CCC(Nc1ccc(Br)c(C)c1)c1ccc2c(c1)CCO2. The van der Waals surface area contributed by atoms with Crippen molar-refractivity contribution < 1.29 is 4.74 Å². The van der Waals surface area contributed by atoms with Gasteiger partial charge in [-0.15, -0.1) is 0 Å². The van der Waals surface area contributed by atoms with Crippen LogP contribution in [0.4, 0.5) is 5.69 Å². The molecular weight excluding hydrogens is 326 g/mol. The summed E-state index contributed by atoms with van der Waals surface area (Å²) in [5.41, 5.74) is 5.08. The molecule has 2 nitrogen and oxygen atoms in total. The summed E-state index contributed by atoms with van der Waals surface area (Å²) in [6.45, 7) is 5.14. The Balaban J connectivity index is 1.83. The summed E-state index contributed by atoms with van der Waals surface area (Å²) in [6.07, 6.45) is 2.08. The van der Waals surface area contributed by atoms with E-state index in [1.54, 1.807) is 0 Å². The Bertz CT molecular complexity index is 654. The number of ether oxygens (including phenoxy) is 1. The Morgan fingerprint density at radius 2 is 2.10 bits per heavy atom. The summed E-state index contributed by atoms with van der Waals surface area (Å²) in [5.74, 6) is 1.05. The first-order valence-corrected chi connectivity index (χ1v) is 8.25. The Kier molecular flexibility index (Phi) is 4.20. The molecule has 2 aromatic rings. The van der Waals surface area contributed by atoms with E-state index in [2.05, 4.69) is 71.5 Å². The fourth-order valence-electron chi connectivity index (χ4n) is 2.78. The van der Waals surface area contributed by atoms with Gasteiger partial charge >= 0.3 is 0 Å². The lowest BCUT2D eigenvalue weighted by atomic mass is 10.0. The minimum absolute atomic E-state index is 0.330. The zero-order valence-corrected chi connectivity index (χ0v) is 14.0. The van der Waals surface area contributed by atoms with Gasteiger partial charge in [-0.1, -0.05) is 28.9 Å². The minimum Gasteiger partial charge on any atom is -0.493 e. The maximum absolute atomic E-state index is 5.59. The van der Waals surface area contributed by atoms with Crippen LogP contribution in [-0.4, -0.2) is 6.61 Å². The van der Waals surface area contributed by atoms with E-state index in [9.17, 15) is 0 Å². The second-order valence-corrected chi connectivity index (χ2v) is 6.39. The molecule has 3 heteroatoms. The van der Waals surface area contributed by atoms with Crippen molar-refractivity contribution in [1.82, 2.24) is 0 Å². The van der Waals surface area contributed by atoms with Crippen LogP contribution in [0, 0.1) is 6.92 Å². The number of fused-ring (bicyclic) bond motifs is 1. The Hall–Kier alpha value is -1.48. The van der Waals surface area contributed by atoms with Gasteiger partial charge in [-0.3, -0.25) is 0 Å². The summed E-state index contributed by atoms with van der Waals surface area (Å²) in [5, 5.41) is 3.64. The molecule has 1 aliphatic heterocycles. The third-order valence-corrected chi connectivity index (χ3v) is 4.91. The van der Waals surface area contributed by atoms with Gasteiger partial charge in [0, 0.05) is 16.6 Å². The zero-order valence-electron chi connectivity index (χ0n) is 12.4. The first kappa shape index (κ1) is 14.5. The van der Waals surface area contributed by atoms with E-state index >= 15 is 0 Å². The molecule has 1 aliphatic rings. The largest absolute Gasteiger partial charge is 0.493 e. The monoisotopic (exact) mass is 345 g/mol. The molecule has 21 heavy (non-hydrogen) atoms. The van der Waals surface area contributed by atoms with Gasteiger partial charge in [-0.05, 0) is 60.4 Å². The average Bonchev–Trinajstić information content (AvgIpc) is 2.95. The zero-order chi connectivity index (χ0) is 14.8. The van der Waals surface area contributed by atoms with Crippen LogP contribution in [0.15, 0.2) is 40.9 Å². The molecule has 1 N–H and O–H groups in total. The molecule has 110 valence electrons. The highest BCUT2D eigenvalue weighted by Crippen LogP contribution is 2.31. The summed E-state index contributed by atoms with van der Waals surface area (Å²) < 4.78 is 6.74. The molecule has 0 radical (unpaired) electrons. The van der Waals surface area contributed by atoms with Crippen molar-refractivity contribution in [2.45, 2.75) is 32.7 Å². The first-order valence-electron chi connectivity index (χ1n) is 7.45. The number of benzene rings is 2. The van der Waals surface area contributed by atoms with Crippen molar-refractivity contribution in [3.8, 4) is 5.75 Å². The van der Waals surface area contributed by atoms with Crippen LogP contribution < -0.4 is 10.1 Å². The molecule has 0 aromatic heterocycles. The number of hydrogen-bond donors (Lipinski definition) is 1. The number of anilines is 1. The summed E-state index contributed by atoms with van der Waals surface area (Å²) >= 11 is 3.55. The van der Waals surface area contributed by atoms with Gasteiger partial charge in [-0.25, -0.2) is 0 Å². The fourth-order valence-corrected chi connectivity index (χ4v) is 3.03. The maximum atomic E-state index is 5.59. The Labute approximate surface area is 134 Å². The van der Waals surface area contributed by atoms with Gasteiger partial charge in [0.15, 0.2) is 0 Å². The van der Waals surface area contributed by atoms with Gasteiger partial charge in [0.25, 0.3) is 0 Å². The molecule has 1 heterocycles. The molecule has 2 aromatic carbocycles. The lowest BCUT2D eigenvalue weighted by Gasteiger charge is -2.20. The van der Waals surface area contributed by atoms with E-state index in [0.29, 0.717) is 6.04 Å². The lowest BCUT2D eigenvalue weighted by Crippen LogP contribution is -2.10. The van der Waals surface area contributed by atoms with Crippen LogP contribution in [-0.2, 0) is 6.42 Å². The molecule has 0 saturated heterocycles. The predicted molar refractivity (Wildman–Crippen MR) is 91.2 cm³/mol. The van der Waals surface area contributed by atoms with Gasteiger partial charge in [0.2, 0.25) is 0 Å². The smallest absolute Gasteiger partial charge is 0.122 e. The first-order chi connectivity index (χ1) is 10.2. The van der Waals surface area contributed by atoms with Crippen LogP contribution in [0.3, 0.4) is 0 Å². The van der Waals surface area contributed by atoms with E-state index in [0.717, 1.165) is 29.7 Å². The summed E-state index contributed by atoms with van der Waals surface area (Å²) in [4.78, 5) is 0. The van der Waals surface area contributed by atoms with Gasteiger partial charge in [-0.2, -0.15) is 0 Å². The van der Waals surface area contributed by atoms with Gasteiger partial charge in [0.1, 0.15) is 5.75 Å². The highest BCUT2D eigenvalue weighted by atomic mass is 79.9. The molecule has 0 spiro atoms. The van der Waals surface area contributed by atoms with E-state index in [1.807, 2.05) is 0 Å². The summed E-state index contributed by atoms with van der Waals surface area (Å²) in [7, 11) is 0. The van der Waals surface area contributed by atoms with Crippen molar-refractivity contribution >= 4 is 21.6 Å². The van der Waals surface area contributed by atoms with Crippen molar-refractivity contribution in [3.63, 3.8) is 0 Å². The lowest BCUT2D eigenvalue weighted by molar-refractivity contribution is 0.357. The van der Waals surface area contributed by atoms with Crippen LogP contribution in [0.25, 0.3) is 0 Å². The minimum atomic E-state index is 0.330. The maximum Gasteiger partial charge on any atom is 0.122 e. The second kappa shape index (κ2) is 6.10. The fraction of sp³-hybridized carbons (Fsp3) is 0.333. The molecule has 0 amide bonds. The number of halogens is 1. The van der Waals surface area contributed by atoms with Crippen LogP contribution in [0.1, 0.15) is 36.1 Å². The third-order valence-electron chi connectivity index (χ3n) is 4.02. The van der Waals surface area contributed by atoms with Gasteiger partial charge in [0.05, 0.1) is 12.6 Å². The number of aryl methyl sites for hydroxylation is 1. The van der Waals surface area contributed by atoms with E-state index in [1.165, 1.54) is 22.4 Å². The molecule has 0 aliphatic carbocycles. The van der Waals surface area contributed by atoms with E-state index in [-0.39, 0.29) is 0 Å². The van der Waals surface area contributed by atoms with Crippen molar-refractivity contribution in [2.75, 3.05) is 11.9 Å². The van der Waals surface area contributed by atoms with Crippen LogP contribution in [0.5, 0.6) is 5.75 Å². The van der Waals surface area contributed by atoms with Gasteiger partial charge < -0.3 is 10.1 Å². The molecular formula is C18H20BrNO. The molecule has 0 saturated carbocycles. The Morgan fingerprint density at radius 1 is 1.24 bits per heavy atom. The molecule has 3 rings (SSSR count). The molecule has 1 atom stereocenters. The molecule has 1 unspecified atom stereocenters. The Morgan fingerprint density at radius 3 is 2.86 bits per heavy atom. The summed E-state index contributed by atoms with van der Waals surface area (Å²) in [6, 6.07) is 13.3. The van der Waals surface area contributed by atoms with E-state index in [4.69, 9.17) is 4.74 Å². The number of nitrogens with one attached hydrogen (secondary N) is 1. The highest BCUT2D eigenvalue weighted by Gasteiger charge is 2.16.